The monoisotopic (exact) mass is 186 g/mol. The molecule has 6 nitrogen and oxygen atoms in total. The van der Waals surface area contributed by atoms with Gasteiger partial charge in [0, 0.05) is 6.54 Å². The average Bonchev–Trinajstić information content (AvgIpc) is 2.27. The van der Waals surface area contributed by atoms with Crippen molar-refractivity contribution in [2.75, 3.05) is 13.1 Å². The molecule has 1 heterocycles. The van der Waals surface area contributed by atoms with Crippen molar-refractivity contribution in [2.24, 2.45) is 0 Å². The van der Waals surface area contributed by atoms with Crippen molar-refractivity contribution >= 4 is 12.2 Å². The van der Waals surface area contributed by atoms with Gasteiger partial charge in [-0.1, -0.05) is 12.2 Å². The maximum Gasteiger partial charge on any atom is 0.426 e. The van der Waals surface area contributed by atoms with E-state index in [2.05, 4.69) is 0 Å². The third kappa shape index (κ3) is 2.11. The second kappa shape index (κ2) is 3.79. The van der Waals surface area contributed by atoms with Crippen LogP contribution < -0.4 is 0 Å². The summed E-state index contributed by atoms with van der Waals surface area (Å²) in [5.41, 5.74) is 0. The third-order valence-electron chi connectivity index (χ3n) is 1.69. The number of carboxylic acid groups (broad SMARTS) is 2. The van der Waals surface area contributed by atoms with Gasteiger partial charge in [0.05, 0.1) is 6.54 Å². The lowest BCUT2D eigenvalue weighted by Crippen LogP contribution is -2.48. The Morgan fingerprint density at radius 3 is 2.23 bits per heavy atom. The zero-order chi connectivity index (χ0) is 9.84. The Kier molecular flexibility index (Phi) is 2.73. The molecule has 0 radical (unpaired) electrons. The SMILES string of the molecule is O=C(O)N1CC=CCCN1C(=O)O. The molecule has 6 heteroatoms. The third-order valence-corrected chi connectivity index (χ3v) is 1.69. The summed E-state index contributed by atoms with van der Waals surface area (Å²) in [5, 5.41) is 18.9. The fourth-order valence-corrected chi connectivity index (χ4v) is 1.09. The Bertz CT molecular complexity index is 251. The van der Waals surface area contributed by atoms with Gasteiger partial charge in [-0.15, -0.1) is 0 Å². The van der Waals surface area contributed by atoms with Gasteiger partial charge in [-0.2, -0.15) is 0 Å². The first kappa shape index (κ1) is 9.37. The molecule has 2 amide bonds. The minimum absolute atomic E-state index is 0.0850. The molecule has 0 spiro atoms. The number of hydrazine groups is 1. The van der Waals surface area contributed by atoms with Crippen LogP contribution in [0.5, 0.6) is 0 Å². The van der Waals surface area contributed by atoms with Crippen LogP contribution in [0.25, 0.3) is 0 Å². The highest BCUT2D eigenvalue weighted by Crippen LogP contribution is 2.06. The lowest BCUT2D eigenvalue weighted by molar-refractivity contribution is 0.0117. The van der Waals surface area contributed by atoms with Crippen LogP contribution >= 0.6 is 0 Å². The van der Waals surface area contributed by atoms with E-state index in [9.17, 15) is 9.59 Å². The highest BCUT2D eigenvalue weighted by molar-refractivity contribution is 5.72. The van der Waals surface area contributed by atoms with E-state index >= 15 is 0 Å². The first-order valence-corrected chi connectivity index (χ1v) is 3.78. The molecule has 0 bridgehead atoms. The summed E-state index contributed by atoms with van der Waals surface area (Å²) >= 11 is 0. The predicted octanol–water partition coefficient (Wildman–Crippen LogP) is 0.821. The largest absolute Gasteiger partial charge is 0.464 e. The second-order valence-corrected chi connectivity index (χ2v) is 2.53. The lowest BCUT2D eigenvalue weighted by Gasteiger charge is -2.27. The lowest BCUT2D eigenvalue weighted by atomic mass is 10.4. The van der Waals surface area contributed by atoms with Crippen molar-refractivity contribution in [3.63, 3.8) is 0 Å². The van der Waals surface area contributed by atoms with E-state index < -0.39 is 12.2 Å². The molecule has 1 rings (SSSR count). The van der Waals surface area contributed by atoms with Gasteiger partial charge >= 0.3 is 12.2 Å². The van der Waals surface area contributed by atoms with Crippen molar-refractivity contribution in [2.45, 2.75) is 6.42 Å². The van der Waals surface area contributed by atoms with Crippen molar-refractivity contribution in [1.82, 2.24) is 10.0 Å². The smallest absolute Gasteiger partial charge is 0.426 e. The molecular weight excluding hydrogens is 176 g/mol. The molecule has 0 aromatic carbocycles. The van der Waals surface area contributed by atoms with Crippen LogP contribution in [0.2, 0.25) is 0 Å². The fraction of sp³-hybridized carbons (Fsp3) is 0.429. The van der Waals surface area contributed by atoms with Crippen LogP contribution in [0.15, 0.2) is 12.2 Å². The minimum Gasteiger partial charge on any atom is -0.464 e. The van der Waals surface area contributed by atoms with Gasteiger partial charge in [0.25, 0.3) is 0 Å². The number of rotatable bonds is 0. The quantitative estimate of drug-likeness (QED) is 0.549. The molecule has 1 aliphatic heterocycles. The highest BCUT2D eigenvalue weighted by Gasteiger charge is 2.24. The Morgan fingerprint density at radius 1 is 1.08 bits per heavy atom. The first-order chi connectivity index (χ1) is 6.13. The van der Waals surface area contributed by atoms with Crippen LogP contribution in [-0.4, -0.2) is 45.5 Å². The normalized spacial score (nSPS) is 16.9. The summed E-state index contributed by atoms with van der Waals surface area (Å²) in [7, 11) is 0. The summed E-state index contributed by atoms with van der Waals surface area (Å²) in [4.78, 5) is 21.2. The van der Waals surface area contributed by atoms with E-state index in [0.29, 0.717) is 6.42 Å². The van der Waals surface area contributed by atoms with Crippen molar-refractivity contribution in [3.05, 3.63) is 12.2 Å². The van der Waals surface area contributed by atoms with E-state index in [4.69, 9.17) is 10.2 Å². The molecule has 0 fully saturated rings. The van der Waals surface area contributed by atoms with Crippen molar-refractivity contribution in [1.29, 1.82) is 0 Å². The van der Waals surface area contributed by atoms with Gasteiger partial charge in [0.1, 0.15) is 0 Å². The summed E-state index contributed by atoms with van der Waals surface area (Å²) in [6.45, 7) is 0.264. The molecule has 0 saturated carbocycles. The number of hydrogen-bond donors (Lipinski definition) is 2. The van der Waals surface area contributed by atoms with E-state index in [1.165, 1.54) is 0 Å². The van der Waals surface area contributed by atoms with Crippen LogP contribution in [0.1, 0.15) is 6.42 Å². The number of hydrogen-bond acceptors (Lipinski definition) is 2. The van der Waals surface area contributed by atoms with E-state index in [1.54, 1.807) is 12.2 Å². The van der Waals surface area contributed by atoms with Gasteiger partial charge in [-0.25, -0.2) is 19.6 Å². The van der Waals surface area contributed by atoms with Gasteiger partial charge in [-0.05, 0) is 6.42 Å². The fourth-order valence-electron chi connectivity index (χ4n) is 1.09. The van der Waals surface area contributed by atoms with Crippen LogP contribution in [0.4, 0.5) is 9.59 Å². The Labute approximate surface area is 74.6 Å². The van der Waals surface area contributed by atoms with Gasteiger partial charge in [-0.3, -0.25) is 0 Å². The summed E-state index contributed by atoms with van der Waals surface area (Å²) in [6.07, 6.45) is 1.44. The number of amides is 2. The summed E-state index contributed by atoms with van der Waals surface area (Å²) in [5.74, 6) is 0. The van der Waals surface area contributed by atoms with E-state index in [0.717, 1.165) is 10.0 Å². The zero-order valence-electron chi connectivity index (χ0n) is 6.88. The maximum absolute atomic E-state index is 10.6. The first-order valence-electron chi connectivity index (χ1n) is 3.78. The summed E-state index contributed by atoms with van der Waals surface area (Å²) in [6, 6.07) is 0. The minimum atomic E-state index is -1.26. The predicted molar refractivity (Wildman–Crippen MR) is 43.2 cm³/mol. The topological polar surface area (TPSA) is 81.1 Å². The Morgan fingerprint density at radius 2 is 1.69 bits per heavy atom. The van der Waals surface area contributed by atoms with Crippen molar-refractivity contribution in [3.8, 4) is 0 Å². The molecule has 0 aliphatic carbocycles. The molecule has 0 aromatic heterocycles. The molecule has 1 aliphatic rings. The molecule has 0 atom stereocenters. The molecule has 0 aromatic rings. The average molecular weight is 186 g/mol. The van der Waals surface area contributed by atoms with Crippen LogP contribution in [-0.2, 0) is 0 Å². The molecule has 2 N–H and O–H groups in total. The van der Waals surface area contributed by atoms with Crippen LogP contribution in [0, 0.1) is 0 Å². The molecule has 0 saturated heterocycles. The molecular formula is C7H10N2O4. The Balaban J connectivity index is 2.78. The summed E-state index contributed by atoms with van der Waals surface area (Å²) < 4.78 is 0. The molecule has 72 valence electrons. The van der Waals surface area contributed by atoms with E-state index in [1.807, 2.05) is 0 Å². The maximum atomic E-state index is 10.6. The van der Waals surface area contributed by atoms with Gasteiger partial charge in [0.2, 0.25) is 0 Å². The van der Waals surface area contributed by atoms with Crippen molar-refractivity contribution < 1.29 is 19.8 Å². The standard InChI is InChI=1S/C7H10N2O4/c10-6(11)8-4-2-1-3-5-9(8)7(12)13/h1-2H,3-5H2,(H,10,11)(H,12,13). The van der Waals surface area contributed by atoms with Gasteiger partial charge in [0.15, 0.2) is 0 Å². The molecule has 13 heavy (non-hydrogen) atoms. The Hall–Kier alpha value is -1.72. The van der Waals surface area contributed by atoms with Crippen LogP contribution in [0.3, 0.4) is 0 Å². The second-order valence-electron chi connectivity index (χ2n) is 2.53. The zero-order valence-corrected chi connectivity index (χ0v) is 6.88. The number of nitrogens with zero attached hydrogens (tertiary/aromatic N) is 2. The van der Waals surface area contributed by atoms with E-state index in [-0.39, 0.29) is 13.1 Å². The molecule has 0 unspecified atom stereocenters. The highest BCUT2D eigenvalue weighted by atomic mass is 16.4. The number of carbonyl (C=O) groups is 2. The van der Waals surface area contributed by atoms with Gasteiger partial charge < -0.3 is 10.2 Å².